The molecule has 0 aliphatic heterocycles. The number of hydrogen-bond acceptors (Lipinski definition) is 2. The van der Waals surface area contributed by atoms with E-state index in [2.05, 4.69) is 21.0 Å². The molecule has 0 radical (unpaired) electrons. The summed E-state index contributed by atoms with van der Waals surface area (Å²) in [4.78, 5) is 0. The number of nitrogens with two attached hydrogens (primary N) is 1. The van der Waals surface area contributed by atoms with Crippen molar-refractivity contribution >= 4 is 15.9 Å². The summed E-state index contributed by atoms with van der Waals surface area (Å²) >= 11 is 3.19. The van der Waals surface area contributed by atoms with Gasteiger partial charge >= 0.3 is 6.18 Å². The van der Waals surface area contributed by atoms with Crippen molar-refractivity contribution in [3.8, 4) is 5.69 Å². The van der Waals surface area contributed by atoms with Crippen molar-refractivity contribution in [2.24, 2.45) is 5.73 Å². The van der Waals surface area contributed by atoms with Gasteiger partial charge in [0.2, 0.25) is 0 Å². The fraction of sp³-hybridized carbons (Fsp3) is 0.182. The summed E-state index contributed by atoms with van der Waals surface area (Å²) in [5, 5.41) is 3.94. The zero-order valence-corrected chi connectivity index (χ0v) is 10.7. The Kier molecular flexibility index (Phi) is 3.45. The van der Waals surface area contributed by atoms with Crippen LogP contribution in [-0.2, 0) is 12.7 Å². The highest BCUT2D eigenvalue weighted by molar-refractivity contribution is 9.10. The van der Waals surface area contributed by atoms with Crippen LogP contribution in [0.1, 0.15) is 11.1 Å². The van der Waals surface area contributed by atoms with Gasteiger partial charge in [0.05, 0.1) is 21.9 Å². The largest absolute Gasteiger partial charge is 0.416 e. The van der Waals surface area contributed by atoms with E-state index in [1.165, 1.54) is 16.9 Å². The normalized spacial score (nSPS) is 11.8. The zero-order valence-electron chi connectivity index (χ0n) is 9.08. The topological polar surface area (TPSA) is 43.8 Å². The summed E-state index contributed by atoms with van der Waals surface area (Å²) in [7, 11) is 0. The predicted octanol–water partition coefficient (Wildman–Crippen LogP) is 3.11. The summed E-state index contributed by atoms with van der Waals surface area (Å²) in [5.41, 5.74) is 4.99. The molecule has 0 fully saturated rings. The number of hydrogen-bond donors (Lipinski definition) is 1. The van der Waals surface area contributed by atoms with Gasteiger partial charge in [0.1, 0.15) is 0 Å². The summed E-state index contributed by atoms with van der Waals surface area (Å²) in [5.74, 6) is 0. The van der Waals surface area contributed by atoms with Crippen molar-refractivity contribution in [3.63, 3.8) is 0 Å². The van der Waals surface area contributed by atoms with Crippen LogP contribution in [-0.4, -0.2) is 9.78 Å². The number of benzene rings is 1. The molecule has 2 aromatic rings. The first-order valence-corrected chi connectivity index (χ1v) is 5.82. The van der Waals surface area contributed by atoms with Gasteiger partial charge in [0.25, 0.3) is 0 Å². The van der Waals surface area contributed by atoms with Gasteiger partial charge in [-0.15, -0.1) is 0 Å². The molecular formula is C11H9BrF3N3. The Morgan fingerprint density at radius 2 is 2.06 bits per heavy atom. The Bertz CT molecular complexity index is 563. The molecule has 7 heteroatoms. The molecular weight excluding hydrogens is 311 g/mol. The van der Waals surface area contributed by atoms with E-state index in [0.717, 1.165) is 6.07 Å². The quantitative estimate of drug-likeness (QED) is 0.924. The van der Waals surface area contributed by atoms with Crippen molar-refractivity contribution in [1.29, 1.82) is 0 Å². The van der Waals surface area contributed by atoms with E-state index in [-0.39, 0.29) is 12.1 Å². The molecule has 2 rings (SSSR count). The molecule has 1 aromatic carbocycles. The lowest BCUT2D eigenvalue weighted by molar-refractivity contribution is -0.138. The highest BCUT2D eigenvalue weighted by Gasteiger charge is 2.33. The molecule has 0 aliphatic rings. The summed E-state index contributed by atoms with van der Waals surface area (Å²) < 4.78 is 40.6. The van der Waals surface area contributed by atoms with Crippen molar-refractivity contribution in [1.82, 2.24) is 9.78 Å². The van der Waals surface area contributed by atoms with Crippen molar-refractivity contribution < 1.29 is 13.2 Å². The third-order valence-electron chi connectivity index (χ3n) is 2.43. The van der Waals surface area contributed by atoms with Crippen LogP contribution >= 0.6 is 15.9 Å². The third kappa shape index (κ3) is 2.56. The van der Waals surface area contributed by atoms with Crippen molar-refractivity contribution in [2.75, 3.05) is 0 Å². The summed E-state index contributed by atoms with van der Waals surface area (Å²) in [6.07, 6.45) is -1.34. The molecule has 0 bridgehead atoms. The number of aromatic nitrogens is 2. The van der Waals surface area contributed by atoms with E-state index in [1.54, 1.807) is 12.3 Å². The lowest BCUT2D eigenvalue weighted by Crippen LogP contribution is -2.13. The average Bonchev–Trinajstić information content (AvgIpc) is 2.74. The van der Waals surface area contributed by atoms with Crippen LogP contribution in [0, 0.1) is 0 Å². The SMILES string of the molecule is NCc1ccc(-n2cc(Br)cn2)cc1C(F)(F)F. The van der Waals surface area contributed by atoms with Crippen molar-refractivity contribution in [3.05, 3.63) is 46.2 Å². The first-order valence-electron chi connectivity index (χ1n) is 5.02. The van der Waals surface area contributed by atoms with E-state index < -0.39 is 11.7 Å². The lowest BCUT2D eigenvalue weighted by atomic mass is 10.1. The molecule has 0 atom stereocenters. The van der Waals surface area contributed by atoms with Crippen LogP contribution in [0.4, 0.5) is 13.2 Å². The molecule has 1 aromatic heterocycles. The van der Waals surface area contributed by atoms with Crippen molar-refractivity contribution in [2.45, 2.75) is 12.7 Å². The molecule has 2 N–H and O–H groups in total. The summed E-state index contributed by atoms with van der Waals surface area (Å²) in [6.45, 7) is -0.155. The van der Waals surface area contributed by atoms with Gasteiger partial charge in [-0.1, -0.05) is 6.07 Å². The van der Waals surface area contributed by atoms with Gasteiger partial charge in [-0.2, -0.15) is 18.3 Å². The second-order valence-electron chi connectivity index (χ2n) is 3.65. The number of nitrogens with zero attached hydrogens (tertiary/aromatic N) is 2. The van der Waals surface area contributed by atoms with Crippen LogP contribution in [0.2, 0.25) is 0 Å². The maximum absolute atomic E-state index is 12.8. The minimum absolute atomic E-state index is 0.0671. The Labute approximate surface area is 110 Å². The van der Waals surface area contributed by atoms with Crippen LogP contribution < -0.4 is 5.73 Å². The van der Waals surface area contributed by atoms with Crippen LogP contribution in [0.15, 0.2) is 35.1 Å². The Balaban J connectivity index is 2.52. The van der Waals surface area contributed by atoms with Crippen LogP contribution in [0.25, 0.3) is 5.69 Å². The Hall–Kier alpha value is -1.34. The molecule has 1 heterocycles. The molecule has 0 amide bonds. The van der Waals surface area contributed by atoms with E-state index in [1.807, 2.05) is 0 Å². The van der Waals surface area contributed by atoms with E-state index in [9.17, 15) is 13.2 Å². The zero-order chi connectivity index (χ0) is 13.3. The van der Waals surface area contributed by atoms with Gasteiger partial charge in [0.15, 0.2) is 0 Å². The van der Waals surface area contributed by atoms with E-state index in [4.69, 9.17) is 5.73 Å². The first kappa shape index (κ1) is 13.1. The summed E-state index contributed by atoms with van der Waals surface area (Å²) in [6, 6.07) is 3.96. The van der Waals surface area contributed by atoms with Gasteiger partial charge in [0, 0.05) is 12.7 Å². The molecule has 0 aliphatic carbocycles. The average molecular weight is 320 g/mol. The number of halogens is 4. The second-order valence-corrected chi connectivity index (χ2v) is 4.56. The monoisotopic (exact) mass is 319 g/mol. The predicted molar refractivity (Wildman–Crippen MR) is 64.2 cm³/mol. The standard InChI is InChI=1S/C11H9BrF3N3/c12-8-5-17-18(6-8)9-2-1-7(4-16)10(3-9)11(13,14)15/h1-3,5-6H,4,16H2. The highest BCUT2D eigenvalue weighted by Crippen LogP contribution is 2.33. The van der Waals surface area contributed by atoms with E-state index in [0.29, 0.717) is 10.2 Å². The molecule has 3 nitrogen and oxygen atoms in total. The first-order chi connectivity index (χ1) is 8.41. The Morgan fingerprint density at radius 3 is 2.56 bits per heavy atom. The van der Waals surface area contributed by atoms with Crippen LogP contribution in [0.5, 0.6) is 0 Å². The molecule has 0 saturated heterocycles. The number of alkyl halides is 3. The Morgan fingerprint density at radius 1 is 1.33 bits per heavy atom. The van der Waals surface area contributed by atoms with Gasteiger partial charge in [-0.3, -0.25) is 0 Å². The molecule has 18 heavy (non-hydrogen) atoms. The van der Waals surface area contributed by atoms with E-state index >= 15 is 0 Å². The maximum Gasteiger partial charge on any atom is 0.416 e. The molecule has 0 spiro atoms. The minimum Gasteiger partial charge on any atom is -0.326 e. The molecule has 0 unspecified atom stereocenters. The van der Waals surface area contributed by atoms with Crippen LogP contribution in [0.3, 0.4) is 0 Å². The fourth-order valence-electron chi connectivity index (χ4n) is 1.59. The van der Waals surface area contributed by atoms with Gasteiger partial charge in [-0.05, 0) is 33.6 Å². The maximum atomic E-state index is 12.8. The smallest absolute Gasteiger partial charge is 0.326 e. The van der Waals surface area contributed by atoms with Gasteiger partial charge in [-0.25, -0.2) is 4.68 Å². The van der Waals surface area contributed by atoms with Gasteiger partial charge < -0.3 is 5.73 Å². The second kappa shape index (κ2) is 4.74. The minimum atomic E-state index is -4.42. The molecule has 96 valence electrons. The fourth-order valence-corrected chi connectivity index (χ4v) is 1.88. The number of rotatable bonds is 2. The molecule has 0 saturated carbocycles. The lowest BCUT2D eigenvalue weighted by Gasteiger charge is -2.13. The highest BCUT2D eigenvalue weighted by atomic mass is 79.9. The third-order valence-corrected chi connectivity index (χ3v) is 2.84.